The summed E-state index contributed by atoms with van der Waals surface area (Å²) in [5.74, 6) is 0. The standard InChI is InChI=1S/C5H4N4O/c10-5-3-4(7-1-6-3)8-2-9-5/h1-2H,(H2,6,7,8,9,10)/i1+2. The van der Waals surface area contributed by atoms with Crippen molar-refractivity contribution >= 4 is 11.2 Å². The number of imidazole rings is 1. The van der Waals surface area contributed by atoms with Gasteiger partial charge in [-0.15, -0.1) is 0 Å². The minimum Gasteiger partial charge on any atom is -0.339 e. The van der Waals surface area contributed by atoms with Gasteiger partial charge in [-0.3, -0.25) is 4.79 Å². The van der Waals surface area contributed by atoms with E-state index < -0.39 is 0 Å². The number of hydrogen-bond donors (Lipinski definition) is 2. The summed E-state index contributed by atoms with van der Waals surface area (Å²) in [5, 5.41) is 0. The van der Waals surface area contributed by atoms with Crippen LogP contribution in [0.2, 0.25) is 0 Å². The molecule has 10 heavy (non-hydrogen) atoms. The lowest BCUT2D eigenvalue weighted by Gasteiger charge is -1.81. The van der Waals surface area contributed by atoms with Crippen molar-refractivity contribution in [2.45, 2.75) is 0 Å². The summed E-state index contributed by atoms with van der Waals surface area (Å²) < 4.78 is 0. The molecule has 2 rings (SSSR count). The Bertz CT molecular complexity index is 401. The quantitative estimate of drug-likeness (QED) is 0.522. The van der Waals surface area contributed by atoms with Crippen molar-refractivity contribution in [1.29, 1.82) is 0 Å². The van der Waals surface area contributed by atoms with Gasteiger partial charge in [-0.05, 0) is 0 Å². The zero-order chi connectivity index (χ0) is 6.97. The average Bonchev–Trinajstić information content (AvgIpc) is 2.36. The van der Waals surface area contributed by atoms with Gasteiger partial charge in [-0.25, -0.2) is 9.97 Å². The second-order valence-electron chi connectivity index (χ2n) is 1.83. The SMILES string of the molecule is O=c1[nH]cnc2n[14cH][nH]c12. The van der Waals surface area contributed by atoms with Gasteiger partial charge in [-0.2, -0.15) is 0 Å². The molecule has 0 saturated carbocycles. The summed E-state index contributed by atoms with van der Waals surface area (Å²) in [6.07, 6.45) is 2.76. The zero-order valence-corrected chi connectivity index (χ0v) is 4.96. The predicted molar refractivity (Wildman–Crippen MR) is 34.5 cm³/mol. The third kappa shape index (κ3) is 0.540. The van der Waals surface area contributed by atoms with Gasteiger partial charge < -0.3 is 9.97 Å². The fraction of sp³-hybridized carbons (Fsp3) is 0. The van der Waals surface area contributed by atoms with Gasteiger partial charge in [0.2, 0.25) is 0 Å². The Labute approximate surface area is 55.1 Å². The first-order valence-corrected chi connectivity index (χ1v) is 2.75. The van der Waals surface area contributed by atoms with Crippen LogP contribution in [0.3, 0.4) is 0 Å². The van der Waals surface area contributed by atoms with Gasteiger partial charge in [0.25, 0.3) is 5.56 Å². The highest BCUT2D eigenvalue weighted by Gasteiger charge is 1.97. The Balaban J connectivity index is 3.09. The Morgan fingerprint density at radius 1 is 1.60 bits per heavy atom. The first-order valence-electron chi connectivity index (χ1n) is 2.75. The first-order chi connectivity index (χ1) is 4.88. The molecule has 2 aromatic heterocycles. The van der Waals surface area contributed by atoms with Crippen LogP contribution in [0, 0.1) is 0 Å². The van der Waals surface area contributed by atoms with E-state index >= 15 is 0 Å². The second kappa shape index (κ2) is 1.66. The number of H-pyrrole nitrogens is 2. The maximum absolute atomic E-state index is 10.9. The van der Waals surface area contributed by atoms with Crippen molar-refractivity contribution in [3.8, 4) is 0 Å². The van der Waals surface area contributed by atoms with Gasteiger partial charge in [0.1, 0.15) is 0 Å². The number of aromatic amines is 2. The van der Waals surface area contributed by atoms with Gasteiger partial charge in [-0.1, -0.05) is 0 Å². The third-order valence-corrected chi connectivity index (χ3v) is 1.23. The summed E-state index contributed by atoms with van der Waals surface area (Å²) in [5.41, 5.74) is 0.675. The van der Waals surface area contributed by atoms with Gasteiger partial charge >= 0.3 is 0 Å². The normalized spacial score (nSPS) is 10.4. The van der Waals surface area contributed by atoms with E-state index in [0.717, 1.165) is 0 Å². The molecule has 0 atom stereocenters. The van der Waals surface area contributed by atoms with E-state index in [4.69, 9.17) is 0 Å². The molecular formula is C5H4N4O. The van der Waals surface area contributed by atoms with E-state index in [1.165, 1.54) is 12.7 Å². The molecule has 2 aromatic rings. The van der Waals surface area contributed by atoms with E-state index in [1.807, 2.05) is 0 Å². The second-order valence-corrected chi connectivity index (χ2v) is 1.83. The highest BCUT2D eigenvalue weighted by molar-refractivity contribution is 5.67. The molecule has 0 aromatic carbocycles. The van der Waals surface area contributed by atoms with E-state index in [-0.39, 0.29) is 5.56 Å². The fourth-order valence-corrected chi connectivity index (χ4v) is 0.776. The number of nitrogens with zero attached hydrogens (tertiary/aromatic N) is 2. The lowest BCUT2D eigenvalue weighted by molar-refractivity contribution is 1.15. The summed E-state index contributed by atoms with van der Waals surface area (Å²) >= 11 is 0. The Hall–Kier alpha value is -1.65. The summed E-state index contributed by atoms with van der Waals surface area (Å²) in [6.45, 7) is 0. The monoisotopic (exact) mass is 138 g/mol. The number of rotatable bonds is 0. The van der Waals surface area contributed by atoms with Crippen molar-refractivity contribution in [2.24, 2.45) is 0 Å². The van der Waals surface area contributed by atoms with Crippen molar-refractivity contribution in [3.05, 3.63) is 23.0 Å². The van der Waals surface area contributed by atoms with E-state index in [9.17, 15) is 4.79 Å². The average molecular weight is 138 g/mol. The number of hydrogen-bond acceptors (Lipinski definition) is 3. The lowest BCUT2D eigenvalue weighted by atomic mass is 10.6. The van der Waals surface area contributed by atoms with Crippen LogP contribution in [0.4, 0.5) is 0 Å². The lowest BCUT2D eigenvalue weighted by Crippen LogP contribution is -2.05. The number of fused-ring (bicyclic) bond motifs is 1. The van der Waals surface area contributed by atoms with Gasteiger partial charge in [0.05, 0.1) is 12.7 Å². The van der Waals surface area contributed by atoms with Crippen molar-refractivity contribution < 1.29 is 0 Å². The van der Waals surface area contributed by atoms with E-state index in [1.54, 1.807) is 0 Å². The molecule has 0 aliphatic heterocycles. The topological polar surface area (TPSA) is 74.4 Å². The van der Waals surface area contributed by atoms with Crippen molar-refractivity contribution in [2.75, 3.05) is 0 Å². The highest BCUT2D eigenvalue weighted by atomic mass is 16.1. The van der Waals surface area contributed by atoms with Crippen LogP contribution in [-0.4, -0.2) is 19.9 Å². The molecule has 0 bridgehead atoms. The maximum atomic E-state index is 10.9. The van der Waals surface area contributed by atoms with E-state index in [2.05, 4.69) is 19.9 Å². The van der Waals surface area contributed by atoms with Crippen LogP contribution in [0.1, 0.15) is 0 Å². The van der Waals surface area contributed by atoms with Gasteiger partial charge in [0, 0.05) is 0 Å². The molecule has 0 aliphatic carbocycles. The van der Waals surface area contributed by atoms with Crippen LogP contribution < -0.4 is 5.56 Å². The minimum absolute atomic E-state index is 0.192. The van der Waals surface area contributed by atoms with Crippen LogP contribution >= 0.6 is 0 Å². The predicted octanol–water partition coefficient (Wildman–Crippen LogP) is -0.354. The minimum atomic E-state index is -0.192. The Kier molecular flexibility index (Phi) is 0.858. The molecule has 2 heterocycles. The van der Waals surface area contributed by atoms with Crippen LogP contribution in [0.15, 0.2) is 17.4 Å². The molecule has 0 radical (unpaired) electrons. The molecule has 0 amide bonds. The van der Waals surface area contributed by atoms with Gasteiger partial charge in [0.15, 0.2) is 11.2 Å². The van der Waals surface area contributed by atoms with Crippen LogP contribution in [0.5, 0.6) is 0 Å². The first kappa shape index (κ1) is 5.16. The highest BCUT2D eigenvalue weighted by Crippen LogP contribution is 1.94. The molecule has 5 nitrogen and oxygen atoms in total. The Morgan fingerprint density at radius 3 is 3.30 bits per heavy atom. The molecule has 0 fully saturated rings. The number of aromatic nitrogens is 4. The van der Waals surface area contributed by atoms with Crippen LogP contribution in [-0.2, 0) is 0 Å². The molecular weight excluding hydrogens is 134 g/mol. The molecule has 0 saturated heterocycles. The molecule has 2 N–H and O–H groups in total. The van der Waals surface area contributed by atoms with Crippen molar-refractivity contribution in [3.63, 3.8) is 0 Å². The molecule has 5 heteroatoms. The number of nitrogens with one attached hydrogen (secondary N) is 2. The molecule has 50 valence electrons. The summed E-state index contributed by atoms with van der Waals surface area (Å²) in [4.78, 5) is 23.6. The smallest absolute Gasteiger partial charge is 0.276 e. The van der Waals surface area contributed by atoms with Crippen molar-refractivity contribution in [1.82, 2.24) is 19.9 Å². The largest absolute Gasteiger partial charge is 0.339 e. The summed E-state index contributed by atoms with van der Waals surface area (Å²) in [6, 6.07) is 0. The molecule has 0 spiro atoms. The Morgan fingerprint density at radius 2 is 2.50 bits per heavy atom. The fourth-order valence-electron chi connectivity index (χ4n) is 0.776. The third-order valence-electron chi connectivity index (χ3n) is 1.23. The van der Waals surface area contributed by atoms with E-state index in [0.29, 0.717) is 11.2 Å². The zero-order valence-electron chi connectivity index (χ0n) is 4.96. The summed E-state index contributed by atoms with van der Waals surface area (Å²) in [7, 11) is 0. The van der Waals surface area contributed by atoms with Crippen LogP contribution in [0.25, 0.3) is 11.2 Å². The molecule has 0 unspecified atom stereocenters. The maximum Gasteiger partial charge on any atom is 0.276 e. The molecule has 0 aliphatic rings.